The summed E-state index contributed by atoms with van der Waals surface area (Å²) in [5.41, 5.74) is 4.51. The number of anilines is 1. The normalized spacial score (nSPS) is 10.7. The van der Waals surface area contributed by atoms with Gasteiger partial charge in [0.15, 0.2) is 0 Å². The van der Waals surface area contributed by atoms with Crippen molar-refractivity contribution in [3.63, 3.8) is 0 Å². The van der Waals surface area contributed by atoms with Gasteiger partial charge in [-0.25, -0.2) is 0 Å². The second kappa shape index (κ2) is 6.76. The molecule has 4 aromatic rings. The number of fused-ring (bicyclic) bond motifs is 1. The molecule has 0 saturated heterocycles. The molecule has 0 aliphatic heterocycles. The van der Waals surface area contributed by atoms with E-state index in [1.165, 1.54) is 0 Å². The summed E-state index contributed by atoms with van der Waals surface area (Å²) < 4.78 is 0. The molecule has 1 aromatic heterocycles. The van der Waals surface area contributed by atoms with Gasteiger partial charge in [-0.3, -0.25) is 4.79 Å². The molecule has 0 unspecified atom stereocenters. The third-order valence-electron chi connectivity index (χ3n) is 4.22. The smallest absolute Gasteiger partial charge is 0.258 e. The summed E-state index contributed by atoms with van der Waals surface area (Å²) >= 11 is 0. The first kappa shape index (κ1) is 16.0. The van der Waals surface area contributed by atoms with Gasteiger partial charge < -0.3 is 5.32 Å². The molecule has 0 spiro atoms. The molecular formula is C22H17N3O. The second-order valence-electron chi connectivity index (χ2n) is 6.13. The van der Waals surface area contributed by atoms with Gasteiger partial charge in [-0.2, -0.15) is 0 Å². The molecule has 0 aliphatic rings. The van der Waals surface area contributed by atoms with Crippen LogP contribution in [0.15, 0.2) is 78.9 Å². The topological polar surface area (TPSA) is 54.9 Å². The van der Waals surface area contributed by atoms with E-state index in [0.29, 0.717) is 16.8 Å². The van der Waals surface area contributed by atoms with E-state index in [4.69, 9.17) is 0 Å². The number of rotatable bonds is 3. The molecular weight excluding hydrogens is 322 g/mol. The molecule has 4 heteroatoms. The van der Waals surface area contributed by atoms with E-state index in [-0.39, 0.29) is 5.91 Å². The Morgan fingerprint density at radius 1 is 0.846 bits per heavy atom. The van der Waals surface area contributed by atoms with Gasteiger partial charge in [0.2, 0.25) is 0 Å². The average Bonchev–Trinajstić information content (AvgIpc) is 2.67. The predicted molar refractivity (Wildman–Crippen MR) is 104 cm³/mol. The Labute approximate surface area is 151 Å². The Bertz CT molecular complexity index is 1090. The lowest BCUT2D eigenvalue weighted by Crippen LogP contribution is -2.15. The van der Waals surface area contributed by atoms with Crippen molar-refractivity contribution in [1.29, 1.82) is 0 Å². The molecule has 1 N–H and O–H groups in total. The molecule has 4 nitrogen and oxygen atoms in total. The molecule has 0 aliphatic carbocycles. The molecule has 26 heavy (non-hydrogen) atoms. The standard InChI is InChI=1S/C22H17N3O/c1-15-8-7-11-17(14-15)23-22(26)20-18-12-5-6-13-19(18)24-25-21(20)16-9-3-2-4-10-16/h2-14H,1H3,(H,23,26). The Balaban J connectivity index is 1.87. The van der Waals surface area contributed by atoms with Crippen molar-refractivity contribution in [3.8, 4) is 11.3 Å². The van der Waals surface area contributed by atoms with Gasteiger partial charge in [-0.05, 0) is 30.7 Å². The first-order valence-electron chi connectivity index (χ1n) is 8.41. The molecule has 1 heterocycles. The van der Waals surface area contributed by atoms with Crippen LogP contribution in [0, 0.1) is 6.92 Å². The number of nitrogens with one attached hydrogen (secondary N) is 1. The third-order valence-corrected chi connectivity index (χ3v) is 4.22. The summed E-state index contributed by atoms with van der Waals surface area (Å²) in [6.45, 7) is 1.99. The third kappa shape index (κ3) is 3.05. The van der Waals surface area contributed by atoms with Crippen LogP contribution in [0.5, 0.6) is 0 Å². The van der Waals surface area contributed by atoms with Crippen molar-refractivity contribution in [2.24, 2.45) is 0 Å². The monoisotopic (exact) mass is 339 g/mol. The lowest BCUT2D eigenvalue weighted by atomic mass is 10.0. The molecule has 0 fully saturated rings. The number of benzene rings is 3. The van der Waals surface area contributed by atoms with Crippen molar-refractivity contribution in [2.45, 2.75) is 6.92 Å². The molecule has 4 rings (SSSR count). The first-order valence-corrected chi connectivity index (χ1v) is 8.41. The van der Waals surface area contributed by atoms with Gasteiger partial charge in [0.05, 0.1) is 11.1 Å². The van der Waals surface area contributed by atoms with Crippen molar-refractivity contribution in [1.82, 2.24) is 10.2 Å². The largest absolute Gasteiger partial charge is 0.322 e. The van der Waals surface area contributed by atoms with E-state index >= 15 is 0 Å². The number of hydrogen-bond donors (Lipinski definition) is 1. The number of amides is 1. The summed E-state index contributed by atoms with van der Waals surface area (Å²) in [5, 5.41) is 12.4. The van der Waals surface area contributed by atoms with E-state index in [1.54, 1.807) is 0 Å². The van der Waals surface area contributed by atoms with Gasteiger partial charge in [0, 0.05) is 16.6 Å². The zero-order valence-electron chi connectivity index (χ0n) is 14.3. The summed E-state index contributed by atoms with van der Waals surface area (Å²) in [5.74, 6) is -0.194. The quantitative estimate of drug-likeness (QED) is 0.580. The zero-order valence-corrected chi connectivity index (χ0v) is 14.3. The SMILES string of the molecule is Cc1cccc(NC(=O)c2c(-c3ccccc3)nnc3ccccc23)c1. The maximum absolute atomic E-state index is 13.2. The van der Waals surface area contributed by atoms with Crippen LogP contribution >= 0.6 is 0 Å². The minimum Gasteiger partial charge on any atom is -0.322 e. The summed E-state index contributed by atoms with van der Waals surface area (Å²) in [6.07, 6.45) is 0. The fraction of sp³-hybridized carbons (Fsp3) is 0.0455. The van der Waals surface area contributed by atoms with Crippen LogP contribution in [-0.2, 0) is 0 Å². The van der Waals surface area contributed by atoms with Crippen LogP contribution in [0.25, 0.3) is 22.2 Å². The maximum atomic E-state index is 13.2. The fourth-order valence-corrected chi connectivity index (χ4v) is 3.00. The van der Waals surface area contributed by atoms with Gasteiger partial charge in [0.1, 0.15) is 5.69 Å². The maximum Gasteiger partial charge on any atom is 0.258 e. The summed E-state index contributed by atoms with van der Waals surface area (Å²) in [7, 11) is 0. The molecule has 0 radical (unpaired) electrons. The van der Waals surface area contributed by atoms with Crippen LogP contribution in [0.1, 0.15) is 15.9 Å². The zero-order chi connectivity index (χ0) is 17.9. The lowest BCUT2D eigenvalue weighted by molar-refractivity contribution is 0.102. The number of hydrogen-bond acceptors (Lipinski definition) is 3. The summed E-state index contributed by atoms with van der Waals surface area (Å²) in [6, 6.07) is 24.9. The van der Waals surface area contributed by atoms with Gasteiger partial charge >= 0.3 is 0 Å². The minimum absolute atomic E-state index is 0.194. The highest BCUT2D eigenvalue weighted by atomic mass is 16.1. The molecule has 0 atom stereocenters. The van der Waals surface area contributed by atoms with E-state index in [1.807, 2.05) is 85.8 Å². The van der Waals surface area contributed by atoms with Crippen LogP contribution in [-0.4, -0.2) is 16.1 Å². The number of carbonyl (C=O) groups excluding carboxylic acids is 1. The van der Waals surface area contributed by atoms with Gasteiger partial charge in [-0.1, -0.05) is 60.7 Å². The molecule has 1 amide bonds. The number of aryl methyl sites for hydroxylation is 1. The molecule has 0 bridgehead atoms. The first-order chi connectivity index (χ1) is 12.7. The second-order valence-corrected chi connectivity index (χ2v) is 6.13. The molecule has 0 saturated carbocycles. The van der Waals surface area contributed by atoms with Crippen LogP contribution in [0.2, 0.25) is 0 Å². The Morgan fingerprint density at radius 2 is 1.62 bits per heavy atom. The van der Waals surface area contributed by atoms with E-state index in [9.17, 15) is 4.79 Å². The van der Waals surface area contributed by atoms with Crippen molar-refractivity contribution in [2.75, 3.05) is 5.32 Å². The number of aromatic nitrogens is 2. The Hall–Kier alpha value is -3.53. The fourth-order valence-electron chi connectivity index (χ4n) is 3.00. The minimum atomic E-state index is -0.194. The highest BCUT2D eigenvalue weighted by molar-refractivity contribution is 6.15. The summed E-state index contributed by atoms with van der Waals surface area (Å²) in [4.78, 5) is 13.2. The van der Waals surface area contributed by atoms with Crippen LogP contribution in [0.3, 0.4) is 0 Å². The van der Waals surface area contributed by atoms with Crippen molar-refractivity contribution < 1.29 is 4.79 Å². The molecule has 3 aromatic carbocycles. The Morgan fingerprint density at radius 3 is 2.42 bits per heavy atom. The highest BCUT2D eigenvalue weighted by Gasteiger charge is 2.19. The van der Waals surface area contributed by atoms with Crippen molar-refractivity contribution >= 4 is 22.5 Å². The van der Waals surface area contributed by atoms with E-state index < -0.39 is 0 Å². The molecule has 126 valence electrons. The van der Waals surface area contributed by atoms with E-state index in [2.05, 4.69) is 15.5 Å². The van der Waals surface area contributed by atoms with Gasteiger partial charge in [-0.15, -0.1) is 10.2 Å². The number of nitrogens with zero attached hydrogens (tertiary/aromatic N) is 2. The predicted octanol–water partition coefficient (Wildman–Crippen LogP) is 4.86. The van der Waals surface area contributed by atoms with Crippen LogP contribution < -0.4 is 5.32 Å². The number of carbonyl (C=O) groups is 1. The van der Waals surface area contributed by atoms with E-state index in [0.717, 1.165) is 22.2 Å². The lowest BCUT2D eigenvalue weighted by Gasteiger charge is -2.12. The van der Waals surface area contributed by atoms with Crippen LogP contribution in [0.4, 0.5) is 5.69 Å². The average molecular weight is 339 g/mol. The van der Waals surface area contributed by atoms with Gasteiger partial charge in [0.25, 0.3) is 5.91 Å². The van der Waals surface area contributed by atoms with Crippen molar-refractivity contribution in [3.05, 3.63) is 90.0 Å². The Kier molecular flexibility index (Phi) is 4.15. The highest BCUT2D eigenvalue weighted by Crippen LogP contribution is 2.27.